The number of rotatable bonds is 1. The van der Waals surface area contributed by atoms with E-state index in [2.05, 4.69) is 4.98 Å². The van der Waals surface area contributed by atoms with Crippen molar-refractivity contribution in [2.24, 2.45) is 0 Å². The number of ketones is 1. The lowest BCUT2D eigenvalue weighted by molar-refractivity contribution is 0.101. The van der Waals surface area contributed by atoms with E-state index in [0.717, 1.165) is 4.70 Å². The molecule has 90 valence electrons. The first kappa shape index (κ1) is 10.9. The number of para-hydroxylation sites is 1. The molecule has 0 amide bonds. The summed E-state index contributed by atoms with van der Waals surface area (Å²) in [6.45, 7) is 1.27. The normalized spacial score (nSPS) is 11.2. The summed E-state index contributed by atoms with van der Waals surface area (Å²) >= 11 is 1.30. The Bertz CT molecular complexity index is 848. The molecule has 5 nitrogen and oxygen atoms in total. The number of hydrogen-bond donors (Lipinski definition) is 1. The summed E-state index contributed by atoms with van der Waals surface area (Å²) in [5.41, 5.74) is -0.102. The molecule has 3 rings (SSSR count). The number of hydrogen-bond acceptors (Lipinski definition) is 5. The van der Waals surface area contributed by atoms with Gasteiger partial charge in [-0.25, -0.2) is 9.38 Å². The van der Waals surface area contributed by atoms with Crippen LogP contribution in [0.3, 0.4) is 0 Å². The average molecular weight is 260 g/mol. The number of carbonyl (C=O) groups excluding carboxylic acids is 1. The van der Waals surface area contributed by atoms with Crippen molar-refractivity contribution in [3.63, 3.8) is 0 Å². The predicted octanol–water partition coefficient (Wildman–Crippen LogP) is 1.82. The molecule has 0 aliphatic rings. The van der Waals surface area contributed by atoms with E-state index in [4.69, 9.17) is 0 Å². The van der Waals surface area contributed by atoms with E-state index in [-0.39, 0.29) is 5.69 Å². The van der Waals surface area contributed by atoms with Gasteiger partial charge in [0.05, 0.1) is 10.2 Å². The zero-order chi connectivity index (χ0) is 12.9. The SMILES string of the molecule is CC(=O)c1nc2sc3ccccc3n2c(=O)c1O. The van der Waals surface area contributed by atoms with E-state index in [1.54, 1.807) is 12.1 Å². The van der Waals surface area contributed by atoms with E-state index in [1.807, 2.05) is 12.1 Å². The van der Waals surface area contributed by atoms with Gasteiger partial charge in [-0.05, 0) is 12.1 Å². The van der Waals surface area contributed by atoms with Crippen molar-refractivity contribution in [1.29, 1.82) is 0 Å². The Morgan fingerprint density at radius 1 is 1.39 bits per heavy atom. The third-order valence-electron chi connectivity index (χ3n) is 2.67. The molecule has 0 saturated carbocycles. The summed E-state index contributed by atoms with van der Waals surface area (Å²) in [6.07, 6.45) is 0. The molecule has 3 aromatic rings. The Labute approximate surface area is 105 Å². The fourth-order valence-corrected chi connectivity index (χ4v) is 2.86. The molecule has 0 atom stereocenters. The first-order chi connectivity index (χ1) is 8.59. The molecular weight excluding hydrogens is 252 g/mol. The Balaban J connectivity index is 2.58. The van der Waals surface area contributed by atoms with Crippen LogP contribution in [-0.4, -0.2) is 20.3 Å². The second kappa shape index (κ2) is 3.64. The molecule has 0 unspecified atom stereocenters. The highest BCUT2D eigenvalue weighted by Crippen LogP contribution is 2.25. The maximum atomic E-state index is 12.1. The van der Waals surface area contributed by atoms with E-state index < -0.39 is 17.1 Å². The number of aromatic nitrogens is 2. The van der Waals surface area contributed by atoms with Crippen LogP contribution < -0.4 is 5.56 Å². The van der Waals surface area contributed by atoms with Crippen LogP contribution in [0.2, 0.25) is 0 Å². The van der Waals surface area contributed by atoms with Gasteiger partial charge in [-0.1, -0.05) is 23.5 Å². The number of benzene rings is 1. The third-order valence-corrected chi connectivity index (χ3v) is 3.69. The lowest BCUT2D eigenvalue weighted by Gasteiger charge is -2.00. The smallest absolute Gasteiger partial charge is 0.301 e. The van der Waals surface area contributed by atoms with Crippen LogP contribution in [0.4, 0.5) is 0 Å². The molecule has 0 aliphatic carbocycles. The summed E-state index contributed by atoms with van der Waals surface area (Å²) in [5, 5.41) is 9.73. The van der Waals surface area contributed by atoms with Gasteiger partial charge < -0.3 is 5.11 Å². The van der Waals surface area contributed by atoms with Crippen molar-refractivity contribution in [2.45, 2.75) is 6.92 Å². The quantitative estimate of drug-likeness (QED) is 0.677. The number of Topliss-reactive ketones (excluding diaryl/α,β-unsaturated/α-hetero) is 1. The van der Waals surface area contributed by atoms with E-state index in [1.165, 1.54) is 22.7 Å². The lowest BCUT2D eigenvalue weighted by atomic mass is 10.3. The summed E-state index contributed by atoms with van der Waals surface area (Å²) < 4.78 is 2.20. The molecule has 1 aromatic carbocycles. The first-order valence-electron chi connectivity index (χ1n) is 5.24. The van der Waals surface area contributed by atoms with Crippen molar-refractivity contribution in [1.82, 2.24) is 9.38 Å². The molecule has 18 heavy (non-hydrogen) atoms. The third kappa shape index (κ3) is 1.36. The fourth-order valence-electron chi connectivity index (χ4n) is 1.85. The van der Waals surface area contributed by atoms with Crippen LogP contribution in [0.5, 0.6) is 5.75 Å². The largest absolute Gasteiger partial charge is 0.501 e. The molecule has 6 heteroatoms. The molecule has 0 saturated heterocycles. The van der Waals surface area contributed by atoms with Gasteiger partial charge in [0.25, 0.3) is 0 Å². The van der Waals surface area contributed by atoms with Crippen molar-refractivity contribution in [3.05, 3.63) is 40.3 Å². The Kier molecular flexibility index (Phi) is 2.21. The second-order valence-corrected chi connectivity index (χ2v) is 4.87. The zero-order valence-corrected chi connectivity index (χ0v) is 10.2. The van der Waals surface area contributed by atoms with Gasteiger partial charge >= 0.3 is 5.56 Å². The number of thiazole rings is 1. The van der Waals surface area contributed by atoms with Crippen LogP contribution >= 0.6 is 11.3 Å². The highest BCUT2D eigenvalue weighted by molar-refractivity contribution is 7.23. The van der Waals surface area contributed by atoms with Crippen LogP contribution in [-0.2, 0) is 0 Å². The fraction of sp³-hybridized carbons (Fsp3) is 0.0833. The van der Waals surface area contributed by atoms with Crippen LogP contribution in [0.1, 0.15) is 17.4 Å². The zero-order valence-electron chi connectivity index (χ0n) is 9.38. The van der Waals surface area contributed by atoms with Crippen LogP contribution in [0.25, 0.3) is 15.2 Å². The highest BCUT2D eigenvalue weighted by Gasteiger charge is 2.17. The van der Waals surface area contributed by atoms with Crippen molar-refractivity contribution in [3.8, 4) is 5.75 Å². The molecule has 0 bridgehead atoms. The van der Waals surface area contributed by atoms with Crippen molar-refractivity contribution in [2.75, 3.05) is 0 Å². The Morgan fingerprint density at radius 2 is 2.11 bits per heavy atom. The number of aromatic hydroxyl groups is 1. The average Bonchev–Trinajstić information content (AvgIpc) is 2.71. The first-order valence-corrected chi connectivity index (χ1v) is 6.05. The van der Waals surface area contributed by atoms with Gasteiger partial charge in [0.15, 0.2) is 16.4 Å². The van der Waals surface area contributed by atoms with E-state index in [9.17, 15) is 14.7 Å². The van der Waals surface area contributed by atoms with Gasteiger partial charge in [0, 0.05) is 6.92 Å². The molecule has 0 radical (unpaired) electrons. The minimum Gasteiger partial charge on any atom is -0.501 e. The Hall–Kier alpha value is -2.21. The highest BCUT2D eigenvalue weighted by atomic mass is 32.1. The topological polar surface area (TPSA) is 71.7 Å². The predicted molar refractivity (Wildman–Crippen MR) is 68.5 cm³/mol. The monoisotopic (exact) mass is 260 g/mol. The van der Waals surface area contributed by atoms with Gasteiger partial charge in [0.2, 0.25) is 5.75 Å². The van der Waals surface area contributed by atoms with E-state index in [0.29, 0.717) is 10.5 Å². The van der Waals surface area contributed by atoms with Crippen molar-refractivity contribution >= 4 is 32.3 Å². The minimum absolute atomic E-state index is 0.174. The number of nitrogens with zero attached hydrogens (tertiary/aromatic N) is 2. The van der Waals surface area contributed by atoms with Crippen LogP contribution in [0.15, 0.2) is 29.1 Å². The second-order valence-electron chi connectivity index (χ2n) is 3.86. The number of carbonyl (C=O) groups is 1. The summed E-state index contributed by atoms with van der Waals surface area (Å²) in [5.74, 6) is -1.02. The molecule has 2 heterocycles. The van der Waals surface area contributed by atoms with Gasteiger partial charge in [-0.2, -0.15) is 0 Å². The molecule has 2 aromatic heterocycles. The molecule has 0 spiro atoms. The molecule has 0 fully saturated rings. The summed E-state index contributed by atoms with van der Waals surface area (Å²) in [4.78, 5) is 27.8. The van der Waals surface area contributed by atoms with Crippen molar-refractivity contribution < 1.29 is 9.90 Å². The van der Waals surface area contributed by atoms with Gasteiger partial charge in [-0.15, -0.1) is 0 Å². The number of fused-ring (bicyclic) bond motifs is 3. The standard InChI is InChI=1S/C12H8N2O3S/c1-6(15)9-10(16)11(17)14-7-4-2-3-5-8(7)18-12(14)13-9/h2-5,16H,1H3. The minimum atomic E-state index is -0.609. The molecule has 1 N–H and O–H groups in total. The van der Waals surface area contributed by atoms with Gasteiger partial charge in [0.1, 0.15) is 0 Å². The lowest BCUT2D eigenvalue weighted by Crippen LogP contribution is -2.16. The molecule has 0 aliphatic heterocycles. The Morgan fingerprint density at radius 3 is 2.83 bits per heavy atom. The van der Waals surface area contributed by atoms with Gasteiger partial charge in [-0.3, -0.25) is 9.59 Å². The summed E-state index contributed by atoms with van der Waals surface area (Å²) in [7, 11) is 0. The van der Waals surface area contributed by atoms with E-state index >= 15 is 0 Å². The maximum Gasteiger partial charge on any atom is 0.301 e. The molecular formula is C12H8N2O3S. The maximum absolute atomic E-state index is 12.1. The van der Waals surface area contributed by atoms with Crippen LogP contribution in [0, 0.1) is 0 Å². The summed E-state index contributed by atoms with van der Waals surface area (Å²) in [6, 6.07) is 7.29.